The molecule has 2 rings (SSSR count). The Bertz CT molecular complexity index is 631. The largest absolute Gasteiger partial charge is 0.388 e. The minimum absolute atomic E-state index is 0.226. The Morgan fingerprint density at radius 2 is 1.65 bits per heavy atom. The van der Waals surface area contributed by atoms with Crippen LogP contribution in [0, 0.1) is 0 Å². The standard InChI is InChI=1S/C17H18ClNO3S/c18-15-7-5-13(6-8-15)12-1-3-14(4-2-12)16(20)11-23-10-9-17(21)19-22/h1-8,16,20,22H,9-11H2,(H,19,21). The number of nitrogens with one attached hydrogen (secondary N) is 1. The fourth-order valence-electron chi connectivity index (χ4n) is 2.05. The molecule has 0 radical (unpaired) electrons. The smallest absolute Gasteiger partial charge is 0.244 e. The first-order chi connectivity index (χ1) is 11.1. The lowest BCUT2D eigenvalue weighted by Gasteiger charge is -2.11. The zero-order chi connectivity index (χ0) is 16.7. The highest BCUT2D eigenvalue weighted by molar-refractivity contribution is 7.99. The molecular formula is C17H18ClNO3S. The Kier molecular flexibility index (Phi) is 6.92. The van der Waals surface area contributed by atoms with Crippen LogP contribution in [-0.2, 0) is 4.79 Å². The fourth-order valence-corrected chi connectivity index (χ4v) is 3.09. The van der Waals surface area contributed by atoms with Gasteiger partial charge in [-0.3, -0.25) is 10.0 Å². The molecule has 0 fully saturated rings. The Labute approximate surface area is 144 Å². The van der Waals surface area contributed by atoms with Gasteiger partial charge in [-0.25, -0.2) is 5.48 Å². The van der Waals surface area contributed by atoms with Crippen molar-refractivity contribution in [1.29, 1.82) is 0 Å². The monoisotopic (exact) mass is 351 g/mol. The predicted octanol–water partition coefficient (Wildman–Crippen LogP) is 3.67. The fraction of sp³-hybridized carbons (Fsp3) is 0.235. The summed E-state index contributed by atoms with van der Waals surface area (Å²) in [5.74, 6) is 0.630. The van der Waals surface area contributed by atoms with Crippen LogP contribution >= 0.6 is 23.4 Å². The molecule has 2 aromatic carbocycles. The van der Waals surface area contributed by atoms with E-state index in [1.54, 1.807) is 5.48 Å². The van der Waals surface area contributed by atoms with Gasteiger partial charge in [-0.1, -0.05) is 48.0 Å². The van der Waals surface area contributed by atoms with Gasteiger partial charge in [0, 0.05) is 22.9 Å². The third kappa shape index (κ3) is 5.55. The minimum atomic E-state index is -0.587. The lowest BCUT2D eigenvalue weighted by Crippen LogP contribution is -2.18. The SMILES string of the molecule is O=C(CCSCC(O)c1ccc(-c2ccc(Cl)cc2)cc1)NO. The first-order valence-electron chi connectivity index (χ1n) is 7.15. The van der Waals surface area contributed by atoms with E-state index in [4.69, 9.17) is 16.8 Å². The minimum Gasteiger partial charge on any atom is -0.388 e. The van der Waals surface area contributed by atoms with Gasteiger partial charge in [0.05, 0.1) is 6.10 Å². The van der Waals surface area contributed by atoms with Gasteiger partial charge in [0.1, 0.15) is 0 Å². The van der Waals surface area contributed by atoms with Crippen LogP contribution in [-0.4, -0.2) is 27.7 Å². The average molecular weight is 352 g/mol. The molecule has 0 spiro atoms. The van der Waals surface area contributed by atoms with E-state index in [9.17, 15) is 9.90 Å². The van der Waals surface area contributed by atoms with Crippen LogP contribution in [0.25, 0.3) is 11.1 Å². The van der Waals surface area contributed by atoms with Gasteiger partial charge in [0.2, 0.25) is 5.91 Å². The number of hydroxylamine groups is 1. The van der Waals surface area contributed by atoms with Crippen molar-refractivity contribution < 1.29 is 15.1 Å². The van der Waals surface area contributed by atoms with E-state index in [-0.39, 0.29) is 6.42 Å². The third-order valence-corrected chi connectivity index (χ3v) is 4.64. The van der Waals surface area contributed by atoms with Gasteiger partial charge in [0.15, 0.2) is 0 Å². The predicted molar refractivity (Wildman–Crippen MR) is 93.7 cm³/mol. The van der Waals surface area contributed by atoms with E-state index in [0.717, 1.165) is 16.7 Å². The lowest BCUT2D eigenvalue weighted by molar-refractivity contribution is -0.128. The van der Waals surface area contributed by atoms with E-state index >= 15 is 0 Å². The van der Waals surface area contributed by atoms with E-state index < -0.39 is 12.0 Å². The van der Waals surface area contributed by atoms with Crippen molar-refractivity contribution in [2.75, 3.05) is 11.5 Å². The van der Waals surface area contributed by atoms with E-state index in [1.807, 2.05) is 48.5 Å². The molecule has 0 saturated heterocycles. The number of halogens is 1. The second-order valence-corrected chi connectivity index (χ2v) is 6.59. The quantitative estimate of drug-likeness (QED) is 0.404. The molecule has 0 aliphatic carbocycles. The third-order valence-electron chi connectivity index (χ3n) is 3.35. The number of hydrogen-bond acceptors (Lipinski definition) is 4. The summed E-state index contributed by atoms with van der Waals surface area (Å²) in [4.78, 5) is 10.9. The Morgan fingerprint density at radius 1 is 1.09 bits per heavy atom. The van der Waals surface area contributed by atoms with E-state index in [0.29, 0.717) is 16.5 Å². The number of carbonyl (C=O) groups is 1. The maximum atomic E-state index is 10.9. The van der Waals surface area contributed by atoms with Crippen molar-refractivity contribution >= 4 is 29.3 Å². The van der Waals surface area contributed by atoms with Crippen molar-refractivity contribution in [2.45, 2.75) is 12.5 Å². The molecule has 23 heavy (non-hydrogen) atoms. The summed E-state index contributed by atoms with van der Waals surface area (Å²) in [5, 5.41) is 19.2. The number of benzene rings is 2. The van der Waals surface area contributed by atoms with Crippen molar-refractivity contribution in [3.05, 3.63) is 59.1 Å². The maximum absolute atomic E-state index is 10.9. The summed E-state index contributed by atoms with van der Waals surface area (Å²) in [6.07, 6.45) is -0.361. The summed E-state index contributed by atoms with van der Waals surface area (Å²) < 4.78 is 0. The van der Waals surface area contributed by atoms with Crippen molar-refractivity contribution in [3.8, 4) is 11.1 Å². The zero-order valence-electron chi connectivity index (χ0n) is 12.4. The molecule has 0 aliphatic rings. The Morgan fingerprint density at radius 3 is 2.22 bits per heavy atom. The van der Waals surface area contributed by atoms with Crippen LogP contribution in [0.15, 0.2) is 48.5 Å². The van der Waals surface area contributed by atoms with Crippen LogP contribution in [0.4, 0.5) is 0 Å². The number of aliphatic hydroxyl groups excluding tert-OH is 1. The molecule has 0 aromatic heterocycles. The second-order valence-electron chi connectivity index (χ2n) is 5.00. The van der Waals surface area contributed by atoms with Crippen LogP contribution in [0.1, 0.15) is 18.1 Å². The van der Waals surface area contributed by atoms with Crippen LogP contribution < -0.4 is 5.48 Å². The Balaban J connectivity index is 1.88. The first-order valence-corrected chi connectivity index (χ1v) is 8.68. The van der Waals surface area contributed by atoms with Crippen molar-refractivity contribution in [3.63, 3.8) is 0 Å². The summed E-state index contributed by atoms with van der Waals surface area (Å²) in [5.41, 5.74) is 4.55. The summed E-state index contributed by atoms with van der Waals surface area (Å²) in [6, 6.07) is 15.3. The molecule has 1 unspecified atom stereocenters. The molecule has 0 saturated carbocycles. The average Bonchev–Trinajstić information content (AvgIpc) is 2.59. The zero-order valence-corrected chi connectivity index (χ0v) is 14.0. The van der Waals surface area contributed by atoms with Gasteiger partial charge in [-0.15, -0.1) is 0 Å². The van der Waals surface area contributed by atoms with Crippen LogP contribution in [0.5, 0.6) is 0 Å². The van der Waals surface area contributed by atoms with Gasteiger partial charge < -0.3 is 5.11 Å². The molecule has 3 N–H and O–H groups in total. The number of carbonyl (C=O) groups excluding carboxylic acids is 1. The molecule has 6 heteroatoms. The number of amides is 1. The van der Waals surface area contributed by atoms with Gasteiger partial charge in [-0.05, 0) is 28.8 Å². The molecule has 1 amide bonds. The number of thioether (sulfide) groups is 1. The molecular weight excluding hydrogens is 334 g/mol. The molecule has 122 valence electrons. The van der Waals surface area contributed by atoms with Gasteiger partial charge in [0.25, 0.3) is 0 Å². The topological polar surface area (TPSA) is 69.6 Å². The summed E-state index contributed by atoms with van der Waals surface area (Å²) in [7, 11) is 0. The molecule has 2 aromatic rings. The lowest BCUT2D eigenvalue weighted by atomic mass is 10.0. The van der Waals surface area contributed by atoms with Gasteiger partial charge in [-0.2, -0.15) is 11.8 Å². The highest BCUT2D eigenvalue weighted by Gasteiger charge is 2.09. The number of hydrogen-bond donors (Lipinski definition) is 3. The second kappa shape index (κ2) is 8.93. The summed E-state index contributed by atoms with van der Waals surface area (Å²) >= 11 is 7.35. The summed E-state index contributed by atoms with van der Waals surface area (Å²) in [6.45, 7) is 0. The Hall–Kier alpha value is -1.53. The van der Waals surface area contributed by atoms with Crippen LogP contribution in [0.3, 0.4) is 0 Å². The van der Waals surface area contributed by atoms with E-state index in [2.05, 4.69) is 0 Å². The maximum Gasteiger partial charge on any atom is 0.244 e. The molecule has 1 atom stereocenters. The normalized spacial score (nSPS) is 12.0. The molecule has 4 nitrogen and oxygen atoms in total. The molecule has 0 aliphatic heterocycles. The van der Waals surface area contributed by atoms with Gasteiger partial charge >= 0.3 is 0 Å². The highest BCUT2D eigenvalue weighted by Crippen LogP contribution is 2.25. The van der Waals surface area contributed by atoms with Crippen molar-refractivity contribution in [1.82, 2.24) is 5.48 Å². The van der Waals surface area contributed by atoms with E-state index in [1.165, 1.54) is 11.8 Å². The molecule has 0 heterocycles. The van der Waals surface area contributed by atoms with Crippen molar-refractivity contribution in [2.24, 2.45) is 0 Å². The number of rotatable bonds is 7. The first kappa shape index (κ1) is 17.8. The highest BCUT2D eigenvalue weighted by atomic mass is 35.5. The molecule has 0 bridgehead atoms. The number of aliphatic hydroxyl groups is 1. The van der Waals surface area contributed by atoms with Crippen LogP contribution in [0.2, 0.25) is 5.02 Å².